The summed E-state index contributed by atoms with van der Waals surface area (Å²) in [5, 5.41) is 3.18. The number of carbonyl (C=O) groups excluding carboxylic acids is 1. The number of hydrogen-bond acceptors (Lipinski definition) is 4. The summed E-state index contributed by atoms with van der Waals surface area (Å²) in [6, 6.07) is 1.90. The molecule has 1 N–H and O–H groups in total. The van der Waals surface area contributed by atoms with Crippen LogP contribution in [0, 0.1) is 0 Å². The Morgan fingerprint density at radius 2 is 2.31 bits per heavy atom. The van der Waals surface area contributed by atoms with Gasteiger partial charge in [-0.25, -0.2) is 0 Å². The highest BCUT2D eigenvalue weighted by molar-refractivity contribution is 9.13. The number of esters is 1. The molecule has 0 aliphatic heterocycles. The zero-order valence-corrected chi connectivity index (χ0v) is 12.1. The van der Waals surface area contributed by atoms with Crippen molar-refractivity contribution in [2.75, 3.05) is 13.7 Å². The molecule has 0 radical (unpaired) electrons. The first kappa shape index (κ1) is 13.7. The van der Waals surface area contributed by atoms with Crippen LogP contribution in [-0.2, 0) is 16.1 Å². The minimum Gasteiger partial charge on any atom is -0.469 e. The maximum absolute atomic E-state index is 10.8. The molecule has 0 bridgehead atoms. The molecule has 6 heteroatoms. The quantitative estimate of drug-likeness (QED) is 0.630. The molecule has 1 heterocycles. The normalized spacial score (nSPS) is 10.4. The highest BCUT2D eigenvalue weighted by atomic mass is 79.9. The number of rotatable bonds is 6. The molecule has 1 aromatic rings. The molecule has 1 rings (SSSR count). The summed E-state index contributed by atoms with van der Waals surface area (Å²) in [6.07, 6.45) is 1.20. The van der Waals surface area contributed by atoms with Gasteiger partial charge in [0.2, 0.25) is 0 Å². The maximum Gasteiger partial charge on any atom is 0.305 e. The second-order valence-electron chi connectivity index (χ2n) is 3.19. The molecular weight excluding hydrogens is 342 g/mol. The van der Waals surface area contributed by atoms with Crippen LogP contribution in [0.4, 0.5) is 0 Å². The third kappa shape index (κ3) is 4.67. The van der Waals surface area contributed by atoms with Gasteiger partial charge in [-0.15, -0.1) is 0 Å². The van der Waals surface area contributed by atoms with Gasteiger partial charge < -0.3 is 14.5 Å². The highest BCUT2D eigenvalue weighted by Crippen LogP contribution is 2.26. The summed E-state index contributed by atoms with van der Waals surface area (Å²) in [6.45, 7) is 1.40. The Kier molecular flexibility index (Phi) is 6.08. The summed E-state index contributed by atoms with van der Waals surface area (Å²) in [5.41, 5.74) is 0. The standard InChI is InChI=1S/C10H13Br2NO3/c1-15-9(14)3-2-4-13-6-7-5-8(11)10(12)16-7/h5,13H,2-4,6H2,1H3. The maximum atomic E-state index is 10.8. The molecule has 0 amide bonds. The molecule has 90 valence electrons. The molecule has 4 nitrogen and oxygen atoms in total. The van der Waals surface area contributed by atoms with E-state index in [0.717, 1.165) is 23.2 Å². The van der Waals surface area contributed by atoms with E-state index in [4.69, 9.17) is 4.42 Å². The molecule has 1 aromatic heterocycles. The van der Waals surface area contributed by atoms with Gasteiger partial charge in [0, 0.05) is 6.42 Å². The van der Waals surface area contributed by atoms with Gasteiger partial charge in [-0.3, -0.25) is 4.79 Å². The van der Waals surface area contributed by atoms with Crippen LogP contribution in [0.3, 0.4) is 0 Å². The topological polar surface area (TPSA) is 51.5 Å². The Labute approximate surface area is 111 Å². The average Bonchev–Trinajstić information content (AvgIpc) is 2.57. The summed E-state index contributed by atoms with van der Waals surface area (Å²) < 4.78 is 11.5. The predicted molar refractivity (Wildman–Crippen MR) is 67.1 cm³/mol. The van der Waals surface area contributed by atoms with Gasteiger partial charge in [-0.2, -0.15) is 0 Å². The Hall–Kier alpha value is -0.330. The van der Waals surface area contributed by atoms with Crippen molar-refractivity contribution >= 4 is 37.8 Å². The zero-order valence-electron chi connectivity index (χ0n) is 8.89. The van der Waals surface area contributed by atoms with E-state index in [0.29, 0.717) is 17.6 Å². The number of methoxy groups -OCH3 is 1. The molecular formula is C10H13Br2NO3. The van der Waals surface area contributed by atoms with Gasteiger partial charge in [-0.1, -0.05) is 0 Å². The number of ether oxygens (including phenoxy) is 1. The molecule has 0 fully saturated rings. The minimum atomic E-state index is -0.176. The number of carbonyl (C=O) groups is 1. The van der Waals surface area contributed by atoms with Crippen LogP contribution < -0.4 is 5.32 Å². The van der Waals surface area contributed by atoms with Crippen LogP contribution in [-0.4, -0.2) is 19.6 Å². The van der Waals surface area contributed by atoms with Gasteiger partial charge in [0.15, 0.2) is 4.67 Å². The molecule has 0 spiro atoms. The van der Waals surface area contributed by atoms with Crippen molar-refractivity contribution in [2.45, 2.75) is 19.4 Å². The molecule has 16 heavy (non-hydrogen) atoms. The second-order valence-corrected chi connectivity index (χ2v) is 4.77. The van der Waals surface area contributed by atoms with Crippen LogP contribution in [0.5, 0.6) is 0 Å². The van der Waals surface area contributed by atoms with E-state index in [1.807, 2.05) is 6.07 Å². The number of furan rings is 1. The molecule has 0 saturated carbocycles. The first-order chi connectivity index (χ1) is 7.63. The largest absolute Gasteiger partial charge is 0.469 e. The van der Waals surface area contributed by atoms with Crippen LogP contribution >= 0.6 is 31.9 Å². The van der Waals surface area contributed by atoms with Gasteiger partial charge in [0.25, 0.3) is 0 Å². The Morgan fingerprint density at radius 3 is 2.88 bits per heavy atom. The lowest BCUT2D eigenvalue weighted by atomic mass is 10.3. The molecule has 0 atom stereocenters. The van der Waals surface area contributed by atoms with E-state index in [-0.39, 0.29) is 5.97 Å². The zero-order chi connectivity index (χ0) is 12.0. The van der Waals surface area contributed by atoms with Gasteiger partial charge in [-0.05, 0) is 50.9 Å². The summed E-state index contributed by atoms with van der Waals surface area (Å²) in [7, 11) is 1.40. The fraction of sp³-hybridized carbons (Fsp3) is 0.500. The third-order valence-corrected chi connectivity index (χ3v) is 3.67. The third-order valence-electron chi connectivity index (χ3n) is 1.96. The first-order valence-corrected chi connectivity index (χ1v) is 6.43. The minimum absolute atomic E-state index is 0.176. The van der Waals surface area contributed by atoms with E-state index in [2.05, 4.69) is 41.9 Å². The summed E-state index contributed by atoms with van der Waals surface area (Å²) in [4.78, 5) is 10.8. The monoisotopic (exact) mass is 353 g/mol. The fourth-order valence-corrected chi connectivity index (χ4v) is 1.81. The lowest BCUT2D eigenvalue weighted by Crippen LogP contribution is -2.15. The van der Waals surface area contributed by atoms with Crippen molar-refractivity contribution in [3.63, 3.8) is 0 Å². The van der Waals surface area contributed by atoms with Gasteiger partial charge >= 0.3 is 5.97 Å². The van der Waals surface area contributed by atoms with Crippen molar-refractivity contribution in [1.82, 2.24) is 5.32 Å². The highest BCUT2D eigenvalue weighted by Gasteiger charge is 2.05. The smallest absolute Gasteiger partial charge is 0.305 e. The Morgan fingerprint density at radius 1 is 1.56 bits per heavy atom. The molecule has 0 saturated heterocycles. The van der Waals surface area contributed by atoms with Crippen molar-refractivity contribution in [3.8, 4) is 0 Å². The summed E-state index contributed by atoms with van der Waals surface area (Å²) in [5.74, 6) is 0.669. The fourth-order valence-electron chi connectivity index (χ4n) is 1.15. The second kappa shape index (κ2) is 7.09. The van der Waals surface area contributed by atoms with Crippen molar-refractivity contribution in [1.29, 1.82) is 0 Å². The first-order valence-electron chi connectivity index (χ1n) is 4.84. The van der Waals surface area contributed by atoms with Crippen molar-refractivity contribution < 1.29 is 13.9 Å². The van der Waals surface area contributed by atoms with Crippen molar-refractivity contribution in [2.24, 2.45) is 0 Å². The van der Waals surface area contributed by atoms with Crippen LogP contribution in [0.1, 0.15) is 18.6 Å². The number of hydrogen-bond donors (Lipinski definition) is 1. The molecule has 0 aliphatic carbocycles. The van der Waals surface area contributed by atoms with E-state index in [1.165, 1.54) is 7.11 Å². The number of halogens is 2. The molecule has 0 aromatic carbocycles. The van der Waals surface area contributed by atoms with E-state index >= 15 is 0 Å². The number of nitrogens with one attached hydrogen (secondary N) is 1. The van der Waals surface area contributed by atoms with Crippen LogP contribution in [0.25, 0.3) is 0 Å². The summed E-state index contributed by atoms with van der Waals surface area (Å²) >= 11 is 6.60. The average molecular weight is 355 g/mol. The van der Waals surface area contributed by atoms with E-state index < -0.39 is 0 Å². The van der Waals surface area contributed by atoms with E-state index in [9.17, 15) is 4.79 Å². The molecule has 0 unspecified atom stereocenters. The van der Waals surface area contributed by atoms with Crippen molar-refractivity contribution in [3.05, 3.63) is 21.0 Å². The van der Waals surface area contributed by atoms with Crippen LogP contribution in [0.2, 0.25) is 0 Å². The molecule has 0 aliphatic rings. The lowest BCUT2D eigenvalue weighted by molar-refractivity contribution is -0.140. The van der Waals surface area contributed by atoms with Gasteiger partial charge in [0.1, 0.15) is 5.76 Å². The Bertz CT molecular complexity index is 332. The SMILES string of the molecule is COC(=O)CCCNCc1cc(Br)c(Br)o1. The Balaban J connectivity index is 2.14. The van der Waals surface area contributed by atoms with Gasteiger partial charge in [0.05, 0.1) is 18.1 Å². The predicted octanol–water partition coefficient (Wildman–Crippen LogP) is 2.85. The van der Waals surface area contributed by atoms with Crippen LogP contribution in [0.15, 0.2) is 19.6 Å². The van der Waals surface area contributed by atoms with E-state index in [1.54, 1.807) is 0 Å². The lowest BCUT2D eigenvalue weighted by Gasteiger charge is -2.01.